The number of benzene rings is 1. The Bertz CT molecular complexity index is 502. The maximum absolute atomic E-state index is 11.7. The maximum atomic E-state index is 11.7. The van der Waals surface area contributed by atoms with Crippen LogP contribution in [0.2, 0.25) is 0 Å². The number of carbonyl (C=O) groups is 1. The second kappa shape index (κ2) is 4.18. The molecule has 82 valence electrons. The zero-order valence-electron chi connectivity index (χ0n) is 9.06. The number of hydrogen-bond acceptors (Lipinski definition) is 4. The van der Waals surface area contributed by atoms with Gasteiger partial charge in [-0.2, -0.15) is 0 Å². The lowest BCUT2D eigenvalue weighted by Gasteiger charge is -2.00. The molecule has 0 bridgehead atoms. The van der Waals surface area contributed by atoms with Crippen molar-refractivity contribution in [2.45, 2.75) is 13.8 Å². The zero-order valence-corrected chi connectivity index (χ0v) is 9.06. The fourth-order valence-corrected chi connectivity index (χ4v) is 1.21. The van der Waals surface area contributed by atoms with E-state index in [0.29, 0.717) is 11.3 Å². The Kier molecular flexibility index (Phi) is 2.72. The average Bonchev–Trinajstić information content (AvgIpc) is 2.62. The molecule has 0 aliphatic rings. The summed E-state index contributed by atoms with van der Waals surface area (Å²) in [5, 5.41) is 3.66. The van der Waals surface area contributed by atoms with Crippen molar-refractivity contribution in [2.75, 3.05) is 0 Å². The molecule has 0 aliphatic carbocycles. The molecule has 0 unspecified atom stereocenters. The third-order valence-electron chi connectivity index (χ3n) is 2.31. The van der Waals surface area contributed by atoms with Gasteiger partial charge in [0.25, 0.3) is 5.88 Å². The summed E-state index contributed by atoms with van der Waals surface area (Å²) in [5.41, 5.74) is 1.23. The van der Waals surface area contributed by atoms with E-state index in [-0.39, 0.29) is 5.88 Å². The summed E-state index contributed by atoms with van der Waals surface area (Å²) >= 11 is 0. The Labute approximate surface area is 92.8 Å². The minimum atomic E-state index is -0.433. The first kappa shape index (κ1) is 10.4. The monoisotopic (exact) mass is 217 g/mol. The van der Waals surface area contributed by atoms with E-state index in [1.165, 1.54) is 0 Å². The quantitative estimate of drug-likeness (QED) is 0.725. The van der Waals surface area contributed by atoms with Gasteiger partial charge in [-0.3, -0.25) is 0 Å². The number of ether oxygens (including phenoxy) is 1. The van der Waals surface area contributed by atoms with Crippen LogP contribution in [-0.4, -0.2) is 11.1 Å². The molecule has 0 amide bonds. The van der Waals surface area contributed by atoms with Crippen LogP contribution in [-0.2, 0) is 0 Å². The van der Waals surface area contributed by atoms with Gasteiger partial charge < -0.3 is 9.26 Å². The summed E-state index contributed by atoms with van der Waals surface area (Å²) in [6.45, 7) is 3.56. The van der Waals surface area contributed by atoms with E-state index >= 15 is 0 Å². The molecular formula is C12H11NO3. The fourth-order valence-electron chi connectivity index (χ4n) is 1.21. The van der Waals surface area contributed by atoms with E-state index in [9.17, 15) is 4.79 Å². The molecule has 0 radical (unpaired) electrons. The van der Waals surface area contributed by atoms with Crippen molar-refractivity contribution >= 4 is 5.97 Å². The lowest BCUT2D eigenvalue weighted by molar-refractivity contribution is 0.0720. The normalized spacial score (nSPS) is 10.1. The van der Waals surface area contributed by atoms with Crippen LogP contribution in [0.15, 0.2) is 34.9 Å². The molecule has 0 atom stereocenters. The van der Waals surface area contributed by atoms with E-state index in [1.807, 2.05) is 6.07 Å². The van der Waals surface area contributed by atoms with E-state index in [1.54, 1.807) is 38.1 Å². The third kappa shape index (κ3) is 1.95. The van der Waals surface area contributed by atoms with Gasteiger partial charge in [-0.1, -0.05) is 18.2 Å². The van der Waals surface area contributed by atoms with Crippen LogP contribution in [0.1, 0.15) is 21.7 Å². The fraction of sp³-hybridized carbons (Fsp3) is 0.167. The first-order valence-corrected chi connectivity index (χ1v) is 4.88. The number of aromatic nitrogens is 1. The number of hydrogen-bond donors (Lipinski definition) is 0. The van der Waals surface area contributed by atoms with Gasteiger partial charge in [-0.15, -0.1) is 0 Å². The highest BCUT2D eigenvalue weighted by molar-refractivity contribution is 5.90. The van der Waals surface area contributed by atoms with Crippen LogP contribution in [0.25, 0.3) is 0 Å². The Morgan fingerprint density at radius 3 is 2.50 bits per heavy atom. The molecule has 2 rings (SSSR count). The van der Waals surface area contributed by atoms with Gasteiger partial charge in [0.2, 0.25) is 0 Å². The highest BCUT2D eigenvalue weighted by Gasteiger charge is 2.14. The molecule has 2 aromatic rings. The van der Waals surface area contributed by atoms with E-state index < -0.39 is 5.97 Å². The lowest BCUT2D eigenvalue weighted by Crippen LogP contribution is -2.08. The standard InChI is InChI=1S/C12H11NO3/c1-8-9(2)16-13-11(8)15-12(14)10-6-4-3-5-7-10/h3-7H,1-2H3. The SMILES string of the molecule is Cc1onc(OC(=O)c2ccccc2)c1C. The molecular weight excluding hydrogens is 206 g/mol. The molecule has 1 aromatic heterocycles. The topological polar surface area (TPSA) is 52.3 Å². The molecule has 0 fully saturated rings. The lowest BCUT2D eigenvalue weighted by atomic mass is 10.2. The first-order chi connectivity index (χ1) is 7.68. The van der Waals surface area contributed by atoms with Crippen molar-refractivity contribution in [2.24, 2.45) is 0 Å². The van der Waals surface area contributed by atoms with Crippen LogP contribution in [0.5, 0.6) is 5.88 Å². The predicted molar refractivity (Wildman–Crippen MR) is 57.4 cm³/mol. The van der Waals surface area contributed by atoms with E-state index in [4.69, 9.17) is 9.26 Å². The van der Waals surface area contributed by atoms with Crippen molar-refractivity contribution in [1.82, 2.24) is 5.16 Å². The largest absolute Gasteiger partial charge is 0.400 e. The summed E-state index contributed by atoms with van der Waals surface area (Å²) < 4.78 is 10.0. The van der Waals surface area contributed by atoms with Crippen LogP contribution >= 0.6 is 0 Å². The number of aryl methyl sites for hydroxylation is 1. The van der Waals surface area contributed by atoms with Crippen molar-refractivity contribution < 1.29 is 14.1 Å². The van der Waals surface area contributed by atoms with Crippen LogP contribution in [0, 0.1) is 13.8 Å². The number of nitrogens with zero attached hydrogens (tertiary/aromatic N) is 1. The van der Waals surface area contributed by atoms with Gasteiger partial charge in [0.15, 0.2) is 0 Å². The maximum Gasteiger partial charge on any atom is 0.344 e. The molecule has 0 saturated heterocycles. The molecule has 0 aliphatic heterocycles. The Morgan fingerprint density at radius 2 is 1.94 bits per heavy atom. The Balaban J connectivity index is 2.17. The first-order valence-electron chi connectivity index (χ1n) is 4.88. The van der Waals surface area contributed by atoms with E-state index in [0.717, 1.165) is 5.56 Å². The third-order valence-corrected chi connectivity index (χ3v) is 2.31. The number of rotatable bonds is 2. The zero-order chi connectivity index (χ0) is 11.5. The van der Waals surface area contributed by atoms with Gasteiger partial charge in [-0.25, -0.2) is 4.79 Å². The van der Waals surface area contributed by atoms with Gasteiger partial charge in [0.1, 0.15) is 5.76 Å². The Hall–Kier alpha value is -2.10. The van der Waals surface area contributed by atoms with Crippen molar-refractivity contribution in [1.29, 1.82) is 0 Å². The predicted octanol–water partition coefficient (Wildman–Crippen LogP) is 2.51. The molecule has 4 heteroatoms. The van der Waals surface area contributed by atoms with Crippen molar-refractivity contribution in [3.63, 3.8) is 0 Å². The van der Waals surface area contributed by atoms with Gasteiger partial charge >= 0.3 is 5.97 Å². The molecule has 0 spiro atoms. The summed E-state index contributed by atoms with van der Waals surface area (Å²) in [7, 11) is 0. The molecule has 0 N–H and O–H groups in total. The van der Waals surface area contributed by atoms with E-state index in [2.05, 4.69) is 5.16 Å². The average molecular weight is 217 g/mol. The highest BCUT2D eigenvalue weighted by Crippen LogP contribution is 2.19. The minimum Gasteiger partial charge on any atom is -0.400 e. The summed E-state index contributed by atoms with van der Waals surface area (Å²) in [4.78, 5) is 11.7. The molecule has 0 saturated carbocycles. The smallest absolute Gasteiger partial charge is 0.344 e. The second-order valence-corrected chi connectivity index (χ2v) is 3.42. The number of carbonyl (C=O) groups excluding carboxylic acids is 1. The summed E-state index contributed by atoms with van der Waals surface area (Å²) in [6.07, 6.45) is 0. The second-order valence-electron chi connectivity index (χ2n) is 3.42. The van der Waals surface area contributed by atoms with Gasteiger partial charge in [0, 0.05) is 0 Å². The number of esters is 1. The van der Waals surface area contributed by atoms with Crippen LogP contribution < -0.4 is 4.74 Å². The van der Waals surface area contributed by atoms with Gasteiger partial charge in [-0.05, 0) is 31.1 Å². The molecule has 16 heavy (non-hydrogen) atoms. The van der Waals surface area contributed by atoms with Crippen LogP contribution in [0.4, 0.5) is 0 Å². The molecule has 4 nitrogen and oxygen atoms in total. The highest BCUT2D eigenvalue weighted by atomic mass is 16.6. The van der Waals surface area contributed by atoms with Crippen molar-refractivity contribution in [3.05, 3.63) is 47.2 Å². The summed E-state index contributed by atoms with van der Waals surface area (Å²) in [6, 6.07) is 8.76. The Morgan fingerprint density at radius 1 is 1.25 bits per heavy atom. The van der Waals surface area contributed by atoms with Crippen LogP contribution in [0.3, 0.4) is 0 Å². The van der Waals surface area contributed by atoms with Gasteiger partial charge in [0.05, 0.1) is 11.1 Å². The molecule has 1 heterocycles. The minimum absolute atomic E-state index is 0.228. The van der Waals surface area contributed by atoms with Crippen molar-refractivity contribution in [3.8, 4) is 5.88 Å². The summed E-state index contributed by atoms with van der Waals surface area (Å²) in [5.74, 6) is 0.444. The molecule has 1 aromatic carbocycles.